The Morgan fingerprint density at radius 3 is 2.80 bits per heavy atom. The fraction of sp³-hybridized carbons (Fsp3) is 0.562. The van der Waals surface area contributed by atoms with Gasteiger partial charge in [0.25, 0.3) is 0 Å². The van der Waals surface area contributed by atoms with Crippen LogP contribution in [0.5, 0.6) is 0 Å². The van der Waals surface area contributed by atoms with E-state index in [1.807, 2.05) is 18.2 Å². The van der Waals surface area contributed by atoms with Gasteiger partial charge in [0.05, 0.1) is 6.54 Å². The van der Waals surface area contributed by atoms with E-state index in [1.54, 1.807) is 0 Å². The van der Waals surface area contributed by atoms with Gasteiger partial charge in [-0.25, -0.2) is 4.98 Å². The average Bonchev–Trinajstić information content (AvgIpc) is 2.83. The minimum Gasteiger partial charge on any atom is -0.439 e. The molecule has 2 aromatic rings. The van der Waals surface area contributed by atoms with Crippen LogP contribution in [0.4, 0.5) is 5.69 Å². The average molecular weight is 273 g/mol. The summed E-state index contributed by atoms with van der Waals surface area (Å²) in [6.07, 6.45) is 3.79. The van der Waals surface area contributed by atoms with Gasteiger partial charge in [0, 0.05) is 11.8 Å². The Bertz CT molecular complexity index is 597. The van der Waals surface area contributed by atoms with Gasteiger partial charge >= 0.3 is 0 Å². The predicted molar refractivity (Wildman–Crippen MR) is 81.3 cm³/mol. The lowest BCUT2D eigenvalue weighted by Crippen LogP contribution is -2.37. The van der Waals surface area contributed by atoms with E-state index in [0.717, 1.165) is 42.3 Å². The van der Waals surface area contributed by atoms with E-state index in [4.69, 9.17) is 10.2 Å². The van der Waals surface area contributed by atoms with E-state index in [-0.39, 0.29) is 0 Å². The highest BCUT2D eigenvalue weighted by molar-refractivity contribution is 5.76. The van der Waals surface area contributed by atoms with Crippen LogP contribution in [0.25, 0.3) is 11.1 Å². The van der Waals surface area contributed by atoms with E-state index >= 15 is 0 Å². The number of nitrogen functional groups attached to an aromatic ring is 1. The number of likely N-dealkylation sites (tertiary alicyclic amines) is 1. The van der Waals surface area contributed by atoms with Gasteiger partial charge < -0.3 is 10.2 Å². The van der Waals surface area contributed by atoms with E-state index in [0.29, 0.717) is 5.41 Å². The van der Waals surface area contributed by atoms with Gasteiger partial charge in [-0.3, -0.25) is 4.90 Å². The third-order valence-electron chi connectivity index (χ3n) is 4.73. The zero-order valence-corrected chi connectivity index (χ0v) is 12.4. The Balaban J connectivity index is 1.68. The number of benzene rings is 1. The number of aromatic nitrogens is 1. The van der Waals surface area contributed by atoms with Crippen molar-refractivity contribution in [1.82, 2.24) is 9.88 Å². The second kappa shape index (κ2) is 5.09. The van der Waals surface area contributed by atoms with Crippen molar-refractivity contribution in [3.63, 3.8) is 0 Å². The first kappa shape index (κ1) is 13.4. The van der Waals surface area contributed by atoms with Crippen LogP contribution >= 0.6 is 0 Å². The summed E-state index contributed by atoms with van der Waals surface area (Å²) < 4.78 is 5.80. The summed E-state index contributed by atoms with van der Waals surface area (Å²) in [5, 5.41) is 0. The van der Waals surface area contributed by atoms with Crippen LogP contribution in [0.2, 0.25) is 0 Å². The maximum Gasteiger partial charge on any atom is 0.209 e. The van der Waals surface area contributed by atoms with Crippen molar-refractivity contribution >= 4 is 16.8 Å². The molecule has 0 saturated carbocycles. The molecule has 0 spiro atoms. The van der Waals surface area contributed by atoms with E-state index in [2.05, 4.69) is 23.7 Å². The third-order valence-corrected chi connectivity index (χ3v) is 4.73. The molecule has 4 heteroatoms. The molecule has 1 fully saturated rings. The van der Waals surface area contributed by atoms with Crippen molar-refractivity contribution in [3.05, 3.63) is 24.1 Å². The molecule has 0 amide bonds. The third kappa shape index (κ3) is 2.66. The maximum atomic E-state index is 5.80. The molecule has 3 rings (SSSR count). The first-order chi connectivity index (χ1) is 9.58. The number of nitrogens with zero attached hydrogens (tertiary/aromatic N) is 2. The predicted octanol–water partition coefficient (Wildman–Crippen LogP) is 3.42. The minimum atomic E-state index is 0.520. The monoisotopic (exact) mass is 273 g/mol. The number of nitrogens with two attached hydrogens (primary N) is 1. The van der Waals surface area contributed by atoms with Crippen molar-refractivity contribution < 1.29 is 4.42 Å². The van der Waals surface area contributed by atoms with Crippen LogP contribution in [0.3, 0.4) is 0 Å². The number of fused-ring (bicyclic) bond motifs is 1. The summed E-state index contributed by atoms with van der Waals surface area (Å²) in [5.74, 6) is 0.797. The Labute approximate surface area is 120 Å². The summed E-state index contributed by atoms with van der Waals surface area (Å²) in [6, 6.07) is 5.63. The fourth-order valence-corrected chi connectivity index (χ4v) is 2.85. The molecule has 1 saturated heterocycles. The highest BCUT2D eigenvalue weighted by Gasteiger charge is 2.28. The molecule has 1 aromatic carbocycles. The summed E-state index contributed by atoms with van der Waals surface area (Å²) in [4.78, 5) is 6.98. The summed E-state index contributed by atoms with van der Waals surface area (Å²) >= 11 is 0. The SMILES string of the molecule is CCC1(C)CCN(Cc2nc3ccc(N)cc3o2)CC1. The van der Waals surface area contributed by atoms with Crippen molar-refractivity contribution in [3.8, 4) is 0 Å². The lowest BCUT2D eigenvalue weighted by molar-refractivity contribution is 0.103. The molecule has 4 nitrogen and oxygen atoms in total. The fourth-order valence-electron chi connectivity index (χ4n) is 2.85. The van der Waals surface area contributed by atoms with Crippen LogP contribution in [-0.4, -0.2) is 23.0 Å². The summed E-state index contributed by atoms with van der Waals surface area (Å²) in [5.41, 5.74) is 8.68. The van der Waals surface area contributed by atoms with Crippen LogP contribution in [0, 0.1) is 5.41 Å². The summed E-state index contributed by atoms with van der Waals surface area (Å²) in [7, 11) is 0. The molecular weight excluding hydrogens is 250 g/mol. The van der Waals surface area contributed by atoms with Crippen molar-refractivity contribution in [2.24, 2.45) is 5.41 Å². The van der Waals surface area contributed by atoms with Crippen molar-refractivity contribution in [2.45, 2.75) is 39.7 Å². The quantitative estimate of drug-likeness (QED) is 0.871. The second-order valence-corrected chi connectivity index (χ2v) is 6.28. The molecule has 1 aliphatic heterocycles. The smallest absolute Gasteiger partial charge is 0.209 e. The Kier molecular flexibility index (Phi) is 3.42. The number of oxazole rings is 1. The van der Waals surface area contributed by atoms with Gasteiger partial charge in [-0.1, -0.05) is 20.3 Å². The Hall–Kier alpha value is -1.55. The van der Waals surface area contributed by atoms with Crippen molar-refractivity contribution in [1.29, 1.82) is 0 Å². The lowest BCUT2D eigenvalue weighted by atomic mass is 9.78. The largest absolute Gasteiger partial charge is 0.439 e. The number of piperidine rings is 1. The normalized spacial score (nSPS) is 19.5. The molecule has 2 heterocycles. The first-order valence-electron chi connectivity index (χ1n) is 7.45. The standard InChI is InChI=1S/C16H23N3O/c1-3-16(2)6-8-19(9-7-16)11-15-18-13-5-4-12(17)10-14(13)20-15/h4-5,10H,3,6-9,11,17H2,1-2H3. The molecule has 0 bridgehead atoms. The molecular formula is C16H23N3O. The molecule has 108 valence electrons. The van der Waals surface area contributed by atoms with Crippen LogP contribution in [-0.2, 0) is 6.54 Å². The van der Waals surface area contributed by atoms with Gasteiger partial charge in [-0.05, 0) is 43.5 Å². The van der Waals surface area contributed by atoms with E-state index in [9.17, 15) is 0 Å². The lowest BCUT2D eigenvalue weighted by Gasteiger charge is -2.38. The van der Waals surface area contributed by atoms with Crippen LogP contribution in [0.1, 0.15) is 39.0 Å². The number of hydrogen-bond acceptors (Lipinski definition) is 4. The number of hydrogen-bond donors (Lipinski definition) is 1. The molecule has 1 aromatic heterocycles. The van der Waals surface area contributed by atoms with E-state index in [1.165, 1.54) is 19.3 Å². The molecule has 1 aliphatic rings. The first-order valence-corrected chi connectivity index (χ1v) is 7.45. The highest BCUT2D eigenvalue weighted by Crippen LogP contribution is 2.34. The Morgan fingerprint density at radius 1 is 1.35 bits per heavy atom. The number of anilines is 1. The molecule has 0 radical (unpaired) electrons. The van der Waals surface area contributed by atoms with E-state index < -0.39 is 0 Å². The highest BCUT2D eigenvalue weighted by atomic mass is 16.3. The van der Waals surface area contributed by atoms with Gasteiger partial charge in [0.15, 0.2) is 5.58 Å². The molecule has 0 aliphatic carbocycles. The molecule has 0 atom stereocenters. The minimum absolute atomic E-state index is 0.520. The summed E-state index contributed by atoms with van der Waals surface area (Å²) in [6.45, 7) is 7.75. The second-order valence-electron chi connectivity index (χ2n) is 6.28. The molecule has 0 unspecified atom stereocenters. The van der Waals surface area contributed by atoms with Gasteiger partial charge in [-0.2, -0.15) is 0 Å². The number of rotatable bonds is 3. The van der Waals surface area contributed by atoms with Gasteiger partial charge in [-0.15, -0.1) is 0 Å². The topological polar surface area (TPSA) is 55.3 Å². The maximum absolute atomic E-state index is 5.80. The Morgan fingerprint density at radius 2 is 2.10 bits per heavy atom. The van der Waals surface area contributed by atoms with Crippen LogP contribution in [0.15, 0.2) is 22.6 Å². The molecule has 2 N–H and O–H groups in total. The van der Waals surface area contributed by atoms with Crippen LogP contribution < -0.4 is 5.73 Å². The van der Waals surface area contributed by atoms with Crippen molar-refractivity contribution in [2.75, 3.05) is 18.8 Å². The molecule has 20 heavy (non-hydrogen) atoms. The zero-order chi connectivity index (χ0) is 14.2. The zero-order valence-electron chi connectivity index (χ0n) is 12.4. The van der Waals surface area contributed by atoms with Gasteiger partial charge in [0.2, 0.25) is 5.89 Å². The van der Waals surface area contributed by atoms with Gasteiger partial charge in [0.1, 0.15) is 5.52 Å².